The van der Waals surface area contributed by atoms with Crippen LogP contribution in [0.15, 0.2) is 0 Å². The Morgan fingerprint density at radius 1 is 1.24 bits per heavy atom. The van der Waals surface area contributed by atoms with E-state index in [9.17, 15) is 4.79 Å². The average molecular weight is 240 g/mol. The maximum Gasteiger partial charge on any atom is 0.239 e. The van der Waals surface area contributed by atoms with Gasteiger partial charge in [0.1, 0.15) is 0 Å². The highest BCUT2D eigenvalue weighted by atomic mass is 16.2. The van der Waals surface area contributed by atoms with Gasteiger partial charge in [-0.15, -0.1) is 0 Å². The third-order valence-electron chi connectivity index (χ3n) is 3.94. The molecule has 17 heavy (non-hydrogen) atoms. The van der Waals surface area contributed by atoms with Gasteiger partial charge in [0.2, 0.25) is 5.91 Å². The first-order valence-corrected chi connectivity index (χ1v) is 7.07. The Balaban J connectivity index is 2.54. The Labute approximate surface area is 106 Å². The van der Waals surface area contributed by atoms with Crippen LogP contribution in [-0.2, 0) is 4.79 Å². The number of amides is 1. The smallest absolute Gasteiger partial charge is 0.239 e. The number of carbonyl (C=O) groups is 1. The molecule has 0 saturated heterocycles. The van der Waals surface area contributed by atoms with Crippen molar-refractivity contribution in [2.45, 2.75) is 71.4 Å². The molecule has 0 heterocycles. The van der Waals surface area contributed by atoms with Crippen molar-refractivity contribution >= 4 is 5.91 Å². The fourth-order valence-corrected chi connectivity index (χ4v) is 2.76. The van der Waals surface area contributed by atoms with E-state index < -0.39 is 5.54 Å². The minimum absolute atomic E-state index is 0.143. The molecule has 1 aliphatic rings. The van der Waals surface area contributed by atoms with E-state index in [1.807, 2.05) is 20.8 Å². The van der Waals surface area contributed by atoms with Crippen LogP contribution in [0, 0.1) is 5.92 Å². The van der Waals surface area contributed by atoms with Gasteiger partial charge < -0.3 is 10.6 Å². The molecule has 0 aromatic rings. The Morgan fingerprint density at radius 3 is 2.47 bits per heavy atom. The van der Waals surface area contributed by atoms with E-state index in [0.717, 1.165) is 13.0 Å². The molecule has 1 saturated carbocycles. The van der Waals surface area contributed by atoms with Gasteiger partial charge >= 0.3 is 0 Å². The van der Waals surface area contributed by atoms with Crippen molar-refractivity contribution in [2.24, 2.45) is 5.92 Å². The van der Waals surface area contributed by atoms with Gasteiger partial charge in [0.25, 0.3) is 0 Å². The highest BCUT2D eigenvalue weighted by Gasteiger charge is 2.31. The van der Waals surface area contributed by atoms with Gasteiger partial charge in [-0.2, -0.15) is 0 Å². The predicted molar refractivity (Wildman–Crippen MR) is 71.9 cm³/mol. The van der Waals surface area contributed by atoms with Gasteiger partial charge in [-0.05, 0) is 39.2 Å². The monoisotopic (exact) mass is 240 g/mol. The third-order valence-corrected chi connectivity index (χ3v) is 3.94. The third kappa shape index (κ3) is 3.98. The molecular weight excluding hydrogens is 212 g/mol. The Kier molecular flexibility index (Phi) is 5.44. The topological polar surface area (TPSA) is 41.1 Å². The second kappa shape index (κ2) is 6.39. The zero-order valence-electron chi connectivity index (χ0n) is 11.8. The maximum absolute atomic E-state index is 12.2. The Bertz CT molecular complexity index is 251. The summed E-state index contributed by atoms with van der Waals surface area (Å²) in [6.45, 7) is 8.99. The molecular formula is C14H28N2O. The van der Waals surface area contributed by atoms with Crippen molar-refractivity contribution in [3.05, 3.63) is 0 Å². The van der Waals surface area contributed by atoms with Crippen LogP contribution in [-0.4, -0.2) is 24.0 Å². The summed E-state index contributed by atoms with van der Waals surface area (Å²) < 4.78 is 0. The van der Waals surface area contributed by atoms with Crippen LogP contribution in [0.5, 0.6) is 0 Å². The zero-order valence-corrected chi connectivity index (χ0v) is 11.8. The van der Waals surface area contributed by atoms with Crippen molar-refractivity contribution in [1.29, 1.82) is 0 Å². The molecule has 0 bridgehead atoms. The van der Waals surface area contributed by atoms with Crippen LogP contribution >= 0.6 is 0 Å². The number of carbonyl (C=O) groups excluding carboxylic acids is 1. The molecule has 3 nitrogen and oxygen atoms in total. The van der Waals surface area contributed by atoms with Crippen molar-refractivity contribution in [3.63, 3.8) is 0 Å². The van der Waals surface area contributed by atoms with Gasteiger partial charge in [0.05, 0.1) is 5.54 Å². The van der Waals surface area contributed by atoms with Crippen molar-refractivity contribution < 1.29 is 4.79 Å². The normalized spacial score (nSPS) is 25.6. The molecule has 0 spiro atoms. The molecule has 3 heteroatoms. The van der Waals surface area contributed by atoms with E-state index in [-0.39, 0.29) is 5.91 Å². The minimum Gasteiger partial charge on any atom is -0.352 e. The molecule has 1 amide bonds. The molecule has 0 aliphatic heterocycles. The lowest BCUT2D eigenvalue weighted by Gasteiger charge is -2.34. The average Bonchev–Trinajstić information content (AvgIpc) is 2.29. The molecule has 2 atom stereocenters. The first-order valence-electron chi connectivity index (χ1n) is 7.07. The quantitative estimate of drug-likeness (QED) is 0.775. The Morgan fingerprint density at radius 2 is 1.88 bits per heavy atom. The first kappa shape index (κ1) is 14.5. The van der Waals surface area contributed by atoms with Crippen LogP contribution in [0.4, 0.5) is 0 Å². The molecule has 1 rings (SSSR count). The number of hydrogen-bond acceptors (Lipinski definition) is 2. The predicted octanol–water partition coefficient (Wildman–Crippen LogP) is 2.46. The minimum atomic E-state index is -0.454. The van der Waals surface area contributed by atoms with Crippen molar-refractivity contribution in [2.75, 3.05) is 6.54 Å². The van der Waals surface area contributed by atoms with Gasteiger partial charge in [-0.3, -0.25) is 4.79 Å². The molecule has 2 unspecified atom stereocenters. The molecule has 2 N–H and O–H groups in total. The molecule has 0 aromatic heterocycles. The fraction of sp³-hybridized carbons (Fsp3) is 0.929. The lowest BCUT2D eigenvalue weighted by molar-refractivity contribution is -0.127. The molecule has 0 aromatic carbocycles. The van der Waals surface area contributed by atoms with E-state index in [2.05, 4.69) is 17.6 Å². The summed E-state index contributed by atoms with van der Waals surface area (Å²) in [7, 11) is 0. The summed E-state index contributed by atoms with van der Waals surface area (Å²) in [5, 5.41) is 6.48. The lowest BCUT2D eigenvalue weighted by atomic mass is 9.82. The molecule has 100 valence electrons. The second-order valence-electron chi connectivity index (χ2n) is 5.69. The summed E-state index contributed by atoms with van der Waals surface area (Å²) >= 11 is 0. The van der Waals surface area contributed by atoms with Gasteiger partial charge in [0, 0.05) is 6.04 Å². The number of likely N-dealkylation sites (N-methyl/N-ethyl adjacent to an activating group) is 1. The van der Waals surface area contributed by atoms with Gasteiger partial charge in [0.15, 0.2) is 0 Å². The maximum atomic E-state index is 12.2. The van der Waals surface area contributed by atoms with E-state index in [4.69, 9.17) is 0 Å². The fourth-order valence-electron chi connectivity index (χ4n) is 2.76. The summed E-state index contributed by atoms with van der Waals surface area (Å²) in [6, 6.07) is 0.388. The SMILES string of the molecule is CCNC(C)(C)C(=O)NC1CCCCC1CC. The van der Waals surface area contributed by atoms with Crippen LogP contribution in [0.2, 0.25) is 0 Å². The highest BCUT2D eigenvalue weighted by molar-refractivity contribution is 5.85. The van der Waals surface area contributed by atoms with Gasteiger partial charge in [-0.25, -0.2) is 0 Å². The van der Waals surface area contributed by atoms with Crippen LogP contribution in [0.1, 0.15) is 59.8 Å². The largest absolute Gasteiger partial charge is 0.352 e. The zero-order chi connectivity index (χ0) is 12.9. The second-order valence-corrected chi connectivity index (χ2v) is 5.69. The molecule has 1 fully saturated rings. The number of nitrogens with one attached hydrogen (secondary N) is 2. The lowest BCUT2D eigenvalue weighted by Crippen LogP contribution is -2.56. The summed E-state index contributed by atoms with van der Waals surface area (Å²) in [4.78, 5) is 12.2. The first-order chi connectivity index (χ1) is 8.01. The highest BCUT2D eigenvalue weighted by Crippen LogP contribution is 2.27. The standard InChI is InChI=1S/C14H28N2O/c1-5-11-9-7-8-10-12(11)16-13(17)14(3,4)15-6-2/h11-12,15H,5-10H2,1-4H3,(H,16,17). The summed E-state index contributed by atoms with van der Waals surface area (Å²) in [5.41, 5.74) is -0.454. The number of rotatable bonds is 5. The summed E-state index contributed by atoms with van der Waals surface area (Å²) in [6.07, 6.45) is 6.16. The van der Waals surface area contributed by atoms with E-state index >= 15 is 0 Å². The summed E-state index contributed by atoms with van der Waals surface area (Å²) in [5.74, 6) is 0.815. The van der Waals surface area contributed by atoms with Crippen molar-refractivity contribution in [1.82, 2.24) is 10.6 Å². The van der Waals surface area contributed by atoms with E-state index in [1.54, 1.807) is 0 Å². The van der Waals surface area contributed by atoms with Crippen LogP contribution in [0.25, 0.3) is 0 Å². The van der Waals surface area contributed by atoms with Crippen molar-refractivity contribution in [3.8, 4) is 0 Å². The van der Waals surface area contributed by atoms with Crippen LogP contribution < -0.4 is 10.6 Å². The Hall–Kier alpha value is -0.570. The van der Waals surface area contributed by atoms with Gasteiger partial charge in [-0.1, -0.05) is 33.1 Å². The molecule has 0 radical (unpaired) electrons. The van der Waals surface area contributed by atoms with E-state index in [0.29, 0.717) is 12.0 Å². The van der Waals surface area contributed by atoms with E-state index in [1.165, 1.54) is 25.7 Å². The number of hydrogen-bond donors (Lipinski definition) is 2. The van der Waals surface area contributed by atoms with Crippen LogP contribution in [0.3, 0.4) is 0 Å². The molecule has 1 aliphatic carbocycles.